The van der Waals surface area contributed by atoms with Gasteiger partial charge in [0.15, 0.2) is 0 Å². The topological polar surface area (TPSA) is 26.5 Å². The lowest BCUT2D eigenvalue weighted by Gasteiger charge is -2.06. The summed E-state index contributed by atoms with van der Waals surface area (Å²) >= 11 is 6.06. The van der Waals surface area contributed by atoms with Crippen LogP contribution < -0.4 is 4.74 Å². The van der Waals surface area contributed by atoms with Gasteiger partial charge in [0.25, 0.3) is 0 Å². The van der Waals surface area contributed by atoms with Crippen LogP contribution in [-0.2, 0) is 6.54 Å². The molecule has 0 radical (unpaired) electrons. The van der Waals surface area contributed by atoms with Gasteiger partial charge in [-0.1, -0.05) is 29.8 Å². The van der Waals surface area contributed by atoms with Crippen LogP contribution in [0, 0.1) is 5.82 Å². The largest absolute Gasteiger partial charge is 0.494 e. The normalized spacial score (nSPS) is 11.4. The van der Waals surface area contributed by atoms with Crippen molar-refractivity contribution in [2.24, 2.45) is 4.99 Å². The fraction of sp³-hybridized carbons (Fsp3) is 0.0870. The molecule has 4 aromatic rings. The van der Waals surface area contributed by atoms with Gasteiger partial charge in [0.05, 0.1) is 7.11 Å². The number of ether oxygens (including phenoxy) is 1. The zero-order valence-corrected chi connectivity index (χ0v) is 16.0. The number of hydrogen-bond acceptors (Lipinski definition) is 2. The summed E-state index contributed by atoms with van der Waals surface area (Å²) in [4.78, 5) is 4.52. The van der Waals surface area contributed by atoms with Crippen LogP contribution >= 0.6 is 11.6 Å². The van der Waals surface area contributed by atoms with E-state index in [2.05, 4.69) is 15.6 Å². The van der Waals surface area contributed by atoms with Crippen LogP contribution in [0.4, 0.5) is 10.1 Å². The molecule has 1 heterocycles. The van der Waals surface area contributed by atoms with Crippen LogP contribution in [0.3, 0.4) is 0 Å². The van der Waals surface area contributed by atoms with E-state index in [4.69, 9.17) is 16.3 Å². The van der Waals surface area contributed by atoms with Crippen molar-refractivity contribution in [3.05, 3.63) is 94.9 Å². The van der Waals surface area contributed by atoms with E-state index in [1.807, 2.05) is 30.5 Å². The average molecular weight is 393 g/mol. The van der Waals surface area contributed by atoms with Gasteiger partial charge in [0, 0.05) is 34.9 Å². The molecule has 0 aliphatic heterocycles. The molecule has 0 atom stereocenters. The van der Waals surface area contributed by atoms with Crippen LogP contribution in [0.5, 0.6) is 5.75 Å². The fourth-order valence-electron chi connectivity index (χ4n) is 3.18. The van der Waals surface area contributed by atoms with E-state index in [0.717, 1.165) is 22.0 Å². The number of aromatic nitrogens is 1. The molecule has 0 saturated heterocycles. The maximum absolute atomic E-state index is 13.4. The summed E-state index contributed by atoms with van der Waals surface area (Å²) in [5.74, 6) is 0.451. The zero-order valence-electron chi connectivity index (χ0n) is 15.3. The molecule has 5 heteroatoms. The van der Waals surface area contributed by atoms with E-state index in [1.54, 1.807) is 43.7 Å². The highest BCUT2D eigenvalue weighted by Gasteiger charge is 2.05. The second-order valence-electron chi connectivity index (χ2n) is 6.47. The Kier molecular flexibility index (Phi) is 5.13. The Morgan fingerprint density at radius 1 is 1.07 bits per heavy atom. The maximum Gasteiger partial charge on any atom is 0.144 e. The number of methoxy groups -OCH3 is 1. The summed E-state index contributed by atoms with van der Waals surface area (Å²) in [6.45, 7) is 0.619. The quantitative estimate of drug-likeness (QED) is 0.369. The fourth-order valence-corrected chi connectivity index (χ4v) is 3.34. The molecule has 0 amide bonds. The molecule has 0 unspecified atom stereocenters. The van der Waals surface area contributed by atoms with Crippen LogP contribution in [0.25, 0.3) is 10.9 Å². The number of rotatable bonds is 5. The minimum absolute atomic E-state index is 0.219. The van der Waals surface area contributed by atoms with Crippen molar-refractivity contribution in [3.63, 3.8) is 0 Å². The SMILES string of the molecule is COc1ccc(Cl)cc1N=Cc1ccc2c(ccn2Cc2cccc(F)c2)c1. The highest BCUT2D eigenvalue weighted by molar-refractivity contribution is 6.30. The number of aliphatic imine (C=N–C) groups is 1. The molecule has 3 aromatic carbocycles. The van der Waals surface area contributed by atoms with E-state index in [9.17, 15) is 4.39 Å². The molecule has 3 nitrogen and oxygen atoms in total. The molecule has 0 bridgehead atoms. The first kappa shape index (κ1) is 18.3. The maximum atomic E-state index is 13.4. The molecule has 28 heavy (non-hydrogen) atoms. The van der Waals surface area contributed by atoms with Crippen molar-refractivity contribution in [3.8, 4) is 5.75 Å². The molecule has 0 aliphatic carbocycles. The Morgan fingerprint density at radius 2 is 1.96 bits per heavy atom. The van der Waals surface area contributed by atoms with Crippen molar-refractivity contribution in [2.45, 2.75) is 6.54 Å². The zero-order chi connectivity index (χ0) is 19.5. The first-order chi connectivity index (χ1) is 13.6. The first-order valence-corrected chi connectivity index (χ1v) is 9.21. The third-order valence-electron chi connectivity index (χ3n) is 4.53. The third-order valence-corrected chi connectivity index (χ3v) is 4.77. The number of benzene rings is 3. The van der Waals surface area contributed by atoms with Crippen LogP contribution in [0.1, 0.15) is 11.1 Å². The first-order valence-electron chi connectivity index (χ1n) is 8.83. The molecule has 4 rings (SSSR count). The molecule has 0 N–H and O–H groups in total. The van der Waals surface area contributed by atoms with Crippen molar-refractivity contribution < 1.29 is 9.13 Å². The number of nitrogens with zero attached hydrogens (tertiary/aromatic N) is 2. The van der Waals surface area contributed by atoms with Crippen molar-refractivity contribution in [1.82, 2.24) is 4.57 Å². The minimum atomic E-state index is -0.219. The molecule has 1 aromatic heterocycles. The van der Waals surface area contributed by atoms with Gasteiger partial charge >= 0.3 is 0 Å². The Morgan fingerprint density at radius 3 is 2.79 bits per heavy atom. The lowest BCUT2D eigenvalue weighted by Crippen LogP contribution is -1.98. The summed E-state index contributed by atoms with van der Waals surface area (Å²) in [6, 6.07) is 20.2. The van der Waals surface area contributed by atoms with Crippen molar-refractivity contribution >= 4 is 34.4 Å². The summed E-state index contributed by atoms with van der Waals surface area (Å²) in [5.41, 5.74) is 3.66. The van der Waals surface area contributed by atoms with Gasteiger partial charge in [-0.2, -0.15) is 0 Å². The van der Waals surface area contributed by atoms with E-state index in [1.165, 1.54) is 6.07 Å². The number of fused-ring (bicyclic) bond motifs is 1. The van der Waals surface area contributed by atoms with Crippen LogP contribution in [-0.4, -0.2) is 17.9 Å². The standard InChI is InChI=1S/C23H18ClFN2O/c1-28-23-8-6-19(24)13-21(23)26-14-16-5-7-22-18(11-16)9-10-27(22)15-17-3-2-4-20(25)12-17/h2-14H,15H2,1H3. The van der Waals surface area contributed by atoms with Crippen LogP contribution in [0.15, 0.2) is 77.9 Å². The molecule has 0 spiro atoms. The predicted octanol–water partition coefficient (Wildman–Crippen LogP) is 6.24. The summed E-state index contributed by atoms with van der Waals surface area (Å²) in [6.07, 6.45) is 3.80. The third kappa shape index (κ3) is 3.92. The van der Waals surface area contributed by atoms with E-state index >= 15 is 0 Å². The van der Waals surface area contributed by atoms with E-state index < -0.39 is 0 Å². The summed E-state index contributed by atoms with van der Waals surface area (Å²) in [5, 5.41) is 1.70. The van der Waals surface area contributed by atoms with Gasteiger partial charge in [-0.25, -0.2) is 4.39 Å². The number of hydrogen-bond donors (Lipinski definition) is 0. The monoisotopic (exact) mass is 392 g/mol. The summed E-state index contributed by atoms with van der Waals surface area (Å²) in [7, 11) is 1.61. The Bertz CT molecular complexity index is 1170. The van der Waals surface area contributed by atoms with Gasteiger partial charge in [0.2, 0.25) is 0 Å². The highest BCUT2D eigenvalue weighted by atomic mass is 35.5. The number of halogens is 2. The highest BCUT2D eigenvalue weighted by Crippen LogP contribution is 2.30. The predicted molar refractivity (Wildman–Crippen MR) is 113 cm³/mol. The molecule has 0 fully saturated rings. The van der Waals surface area contributed by atoms with Gasteiger partial charge < -0.3 is 9.30 Å². The second kappa shape index (κ2) is 7.87. The van der Waals surface area contributed by atoms with Gasteiger partial charge in [-0.3, -0.25) is 4.99 Å². The van der Waals surface area contributed by atoms with Gasteiger partial charge in [-0.15, -0.1) is 0 Å². The minimum Gasteiger partial charge on any atom is -0.494 e. The lowest BCUT2D eigenvalue weighted by molar-refractivity contribution is 0.416. The lowest BCUT2D eigenvalue weighted by atomic mass is 10.1. The molecule has 0 saturated carbocycles. The Balaban J connectivity index is 1.60. The van der Waals surface area contributed by atoms with Crippen molar-refractivity contribution in [1.29, 1.82) is 0 Å². The smallest absolute Gasteiger partial charge is 0.144 e. The van der Waals surface area contributed by atoms with Gasteiger partial charge in [0.1, 0.15) is 17.3 Å². The van der Waals surface area contributed by atoms with Gasteiger partial charge in [-0.05, 0) is 59.7 Å². The molecular formula is C23H18ClFN2O. The van der Waals surface area contributed by atoms with Crippen LogP contribution in [0.2, 0.25) is 5.02 Å². The Labute approximate surface area is 167 Å². The van der Waals surface area contributed by atoms with Crippen molar-refractivity contribution in [2.75, 3.05) is 7.11 Å². The molecular weight excluding hydrogens is 375 g/mol. The molecule has 140 valence electrons. The summed E-state index contributed by atoms with van der Waals surface area (Å²) < 4.78 is 20.9. The Hall–Kier alpha value is -3.11. The van der Waals surface area contributed by atoms with E-state index in [-0.39, 0.29) is 5.82 Å². The molecule has 0 aliphatic rings. The average Bonchev–Trinajstić information content (AvgIpc) is 3.08. The second-order valence-corrected chi connectivity index (χ2v) is 6.90. The van der Waals surface area contributed by atoms with E-state index in [0.29, 0.717) is 23.0 Å².